The van der Waals surface area contributed by atoms with Crippen molar-refractivity contribution in [3.8, 4) is 0 Å². The molecule has 4 aromatic rings. The molecule has 0 aliphatic carbocycles. The minimum absolute atomic E-state index is 0. The zero-order valence-electron chi connectivity index (χ0n) is 18.0. The van der Waals surface area contributed by atoms with Gasteiger partial charge in [0.1, 0.15) is 11.6 Å². The highest BCUT2D eigenvalue weighted by Crippen LogP contribution is 2.36. The number of nitrogens with zero attached hydrogens (tertiary/aromatic N) is 3. The van der Waals surface area contributed by atoms with Gasteiger partial charge in [-0.3, -0.25) is 4.31 Å². The van der Waals surface area contributed by atoms with E-state index < -0.39 is 27.7 Å². The van der Waals surface area contributed by atoms with Crippen LogP contribution in [0.1, 0.15) is 24.1 Å². The van der Waals surface area contributed by atoms with E-state index in [9.17, 15) is 17.2 Å². The van der Waals surface area contributed by atoms with Crippen LogP contribution in [0.4, 0.5) is 14.5 Å². The molecule has 34 heavy (non-hydrogen) atoms. The maximum Gasteiger partial charge on any atom is 0.264 e. The largest absolute Gasteiger partial charge is 0.333 e. The molecule has 0 unspecified atom stereocenters. The Balaban J connectivity index is 0.00000324. The van der Waals surface area contributed by atoms with E-state index in [1.54, 1.807) is 37.8 Å². The highest BCUT2D eigenvalue weighted by atomic mass is 35.5. The molecule has 4 rings (SSSR count). The maximum absolute atomic E-state index is 14.9. The van der Waals surface area contributed by atoms with Crippen LogP contribution in [0.25, 0.3) is 0 Å². The first-order valence-corrected chi connectivity index (χ1v) is 11.9. The van der Waals surface area contributed by atoms with Crippen molar-refractivity contribution in [2.24, 2.45) is 0 Å². The highest BCUT2D eigenvalue weighted by molar-refractivity contribution is 7.92. The first kappa shape index (κ1) is 25.7. The van der Waals surface area contributed by atoms with Crippen LogP contribution in [0.2, 0.25) is 5.02 Å². The van der Waals surface area contributed by atoms with Crippen LogP contribution in [0.3, 0.4) is 0 Å². The van der Waals surface area contributed by atoms with Gasteiger partial charge in [-0.1, -0.05) is 35.9 Å². The molecular formula is C24H21Cl2F2N3O2S. The van der Waals surface area contributed by atoms with Gasteiger partial charge in [0, 0.05) is 30.0 Å². The summed E-state index contributed by atoms with van der Waals surface area (Å²) in [7, 11) is -4.29. The van der Waals surface area contributed by atoms with Gasteiger partial charge in [-0.05, 0) is 54.4 Å². The maximum atomic E-state index is 14.9. The predicted molar refractivity (Wildman–Crippen MR) is 131 cm³/mol. The van der Waals surface area contributed by atoms with Crippen LogP contribution >= 0.6 is 24.0 Å². The van der Waals surface area contributed by atoms with Gasteiger partial charge in [0.05, 0.1) is 23.0 Å². The van der Waals surface area contributed by atoms with Crippen LogP contribution in [0.15, 0.2) is 90.3 Å². The third-order valence-corrected chi connectivity index (χ3v) is 7.44. The summed E-state index contributed by atoms with van der Waals surface area (Å²) in [6.07, 6.45) is 5.08. The number of aromatic nitrogens is 2. The summed E-state index contributed by atoms with van der Waals surface area (Å²) in [6.45, 7) is 2.07. The summed E-state index contributed by atoms with van der Waals surface area (Å²) in [5.74, 6) is -1.60. The van der Waals surface area contributed by atoms with E-state index in [0.717, 1.165) is 28.1 Å². The van der Waals surface area contributed by atoms with Crippen molar-refractivity contribution in [2.75, 3.05) is 4.31 Å². The monoisotopic (exact) mass is 523 g/mol. The lowest BCUT2D eigenvalue weighted by atomic mass is 10.0. The fourth-order valence-electron chi connectivity index (χ4n) is 3.71. The number of imidazole rings is 1. The van der Waals surface area contributed by atoms with Gasteiger partial charge in [0.2, 0.25) is 0 Å². The zero-order valence-corrected chi connectivity index (χ0v) is 20.4. The van der Waals surface area contributed by atoms with Crippen LogP contribution in [-0.2, 0) is 16.6 Å². The quantitative estimate of drug-likeness (QED) is 0.288. The molecule has 0 saturated carbocycles. The highest BCUT2D eigenvalue weighted by Gasteiger charge is 2.33. The molecule has 178 valence electrons. The molecule has 0 N–H and O–H groups in total. The predicted octanol–water partition coefficient (Wildman–Crippen LogP) is 6.24. The third kappa shape index (κ3) is 5.24. The Kier molecular flexibility index (Phi) is 7.97. The molecule has 0 radical (unpaired) electrons. The van der Waals surface area contributed by atoms with Crippen LogP contribution < -0.4 is 4.31 Å². The average molecular weight is 524 g/mol. The number of anilines is 1. The van der Waals surface area contributed by atoms with Crippen molar-refractivity contribution >= 4 is 39.7 Å². The summed E-state index contributed by atoms with van der Waals surface area (Å²) in [6, 6.07) is 14.7. The fraction of sp³-hybridized carbons (Fsp3) is 0.125. The molecule has 3 aromatic carbocycles. The van der Waals surface area contributed by atoms with Crippen LogP contribution in [0, 0.1) is 11.6 Å². The molecule has 10 heteroatoms. The number of hydrogen-bond acceptors (Lipinski definition) is 3. The van der Waals surface area contributed by atoms with E-state index in [-0.39, 0.29) is 23.0 Å². The number of sulfonamides is 1. The number of halogens is 4. The van der Waals surface area contributed by atoms with Crippen LogP contribution in [0.5, 0.6) is 0 Å². The Morgan fingerprint density at radius 1 is 1.06 bits per heavy atom. The van der Waals surface area contributed by atoms with Gasteiger partial charge in [-0.2, -0.15) is 0 Å². The van der Waals surface area contributed by atoms with Gasteiger partial charge < -0.3 is 4.57 Å². The molecule has 0 spiro atoms. The average Bonchev–Trinajstić information content (AvgIpc) is 3.30. The molecule has 0 bridgehead atoms. The van der Waals surface area contributed by atoms with Crippen molar-refractivity contribution in [1.82, 2.24) is 9.55 Å². The smallest absolute Gasteiger partial charge is 0.264 e. The Morgan fingerprint density at radius 3 is 2.44 bits per heavy atom. The minimum atomic E-state index is -4.29. The second-order valence-electron chi connectivity index (χ2n) is 7.46. The lowest BCUT2D eigenvalue weighted by Gasteiger charge is -2.32. The minimum Gasteiger partial charge on any atom is -0.333 e. The van der Waals surface area contributed by atoms with Crippen molar-refractivity contribution in [3.05, 3.63) is 113 Å². The van der Waals surface area contributed by atoms with Crippen molar-refractivity contribution < 1.29 is 17.2 Å². The van der Waals surface area contributed by atoms with Gasteiger partial charge in [-0.15, -0.1) is 12.4 Å². The third-order valence-electron chi connectivity index (χ3n) is 5.29. The lowest BCUT2D eigenvalue weighted by molar-refractivity contribution is 0.569. The summed E-state index contributed by atoms with van der Waals surface area (Å²) in [4.78, 5) is 3.95. The summed E-state index contributed by atoms with van der Waals surface area (Å²) < 4.78 is 59.3. The van der Waals surface area contributed by atoms with Crippen LogP contribution in [-0.4, -0.2) is 18.0 Å². The van der Waals surface area contributed by atoms with E-state index in [2.05, 4.69) is 4.98 Å². The van der Waals surface area contributed by atoms with Gasteiger partial charge in [-0.25, -0.2) is 22.2 Å². The number of rotatable bonds is 7. The molecular weight excluding hydrogens is 503 g/mol. The lowest BCUT2D eigenvalue weighted by Crippen LogP contribution is -2.35. The Bertz CT molecular complexity index is 1370. The molecule has 1 atom stereocenters. The second-order valence-corrected chi connectivity index (χ2v) is 9.71. The molecule has 0 amide bonds. The van der Waals surface area contributed by atoms with Gasteiger partial charge >= 0.3 is 0 Å². The summed E-state index contributed by atoms with van der Waals surface area (Å²) in [5, 5.41) is 0.358. The standard InChI is InChI=1S/C24H20ClF2N3O2S.ClH/c1-17(22-5-3-2-4-18(22)15-29-13-12-28-16-29)30(24-14-20(26)8-11-23(24)27)33(31,32)21-9-6-19(25)7-10-21;/h2-14,16-17H,15H2,1H3;1H/t17-;/m1./s1. The Hall–Kier alpha value is -2.94. The number of benzene rings is 3. The van der Waals surface area contributed by atoms with E-state index in [1.165, 1.54) is 24.3 Å². The van der Waals surface area contributed by atoms with Gasteiger partial charge in [0.25, 0.3) is 10.0 Å². The van der Waals surface area contributed by atoms with Gasteiger partial charge in [0.15, 0.2) is 0 Å². The Labute approximate surface area is 208 Å². The van der Waals surface area contributed by atoms with E-state index in [0.29, 0.717) is 17.1 Å². The Morgan fingerprint density at radius 2 is 1.76 bits per heavy atom. The summed E-state index contributed by atoms with van der Waals surface area (Å²) in [5.41, 5.74) is 1.08. The molecule has 1 heterocycles. The fourth-order valence-corrected chi connectivity index (χ4v) is 5.47. The first-order valence-electron chi connectivity index (χ1n) is 10.1. The normalized spacial score (nSPS) is 12.1. The molecule has 0 aliphatic heterocycles. The van der Waals surface area contributed by atoms with E-state index in [1.807, 2.05) is 16.7 Å². The molecule has 0 saturated heterocycles. The second kappa shape index (κ2) is 10.5. The zero-order chi connectivity index (χ0) is 23.6. The van der Waals surface area contributed by atoms with Crippen molar-refractivity contribution in [1.29, 1.82) is 0 Å². The molecule has 1 aromatic heterocycles. The summed E-state index contributed by atoms with van der Waals surface area (Å²) >= 11 is 5.93. The molecule has 5 nitrogen and oxygen atoms in total. The SMILES string of the molecule is C[C@H](c1ccccc1Cn1ccnc1)N(c1cc(F)ccc1F)S(=O)(=O)c1ccc(Cl)cc1.Cl. The topological polar surface area (TPSA) is 55.2 Å². The van der Waals surface area contributed by atoms with E-state index in [4.69, 9.17) is 11.6 Å². The number of hydrogen-bond donors (Lipinski definition) is 0. The molecule has 0 aliphatic rings. The van der Waals surface area contributed by atoms with Crippen molar-refractivity contribution in [2.45, 2.75) is 24.4 Å². The first-order chi connectivity index (χ1) is 15.8. The van der Waals surface area contributed by atoms with Crippen molar-refractivity contribution in [3.63, 3.8) is 0 Å². The van der Waals surface area contributed by atoms with E-state index >= 15 is 0 Å². The molecule has 0 fully saturated rings.